The van der Waals surface area contributed by atoms with Crippen LogP contribution in [0.1, 0.15) is 21.3 Å². The summed E-state index contributed by atoms with van der Waals surface area (Å²) in [7, 11) is 0. The van der Waals surface area contributed by atoms with Gasteiger partial charge in [-0.15, -0.1) is 22.7 Å². The first kappa shape index (κ1) is 16.5. The maximum absolute atomic E-state index is 9.83. The summed E-state index contributed by atoms with van der Waals surface area (Å²) in [4.78, 5) is 9.81. The van der Waals surface area contributed by atoms with Crippen LogP contribution >= 0.6 is 22.7 Å². The summed E-state index contributed by atoms with van der Waals surface area (Å²) in [6.45, 7) is 6.15. The summed E-state index contributed by atoms with van der Waals surface area (Å²) in [6, 6.07) is 0. The Hall–Kier alpha value is -0.860. The summed E-state index contributed by atoms with van der Waals surface area (Å²) in [5, 5.41) is 16.1. The molecule has 0 fully saturated rings. The fourth-order valence-corrected chi connectivity index (χ4v) is 3.24. The van der Waals surface area contributed by atoms with Gasteiger partial charge in [0, 0.05) is 29.8 Å². The molecule has 0 aromatic carbocycles. The predicted molar refractivity (Wildman–Crippen MR) is 85.9 cm³/mol. The fraction of sp³-hybridized carbons (Fsp3) is 0.571. The van der Waals surface area contributed by atoms with E-state index in [2.05, 4.69) is 15.3 Å². The summed E-state index contributed by atoms with van der Waals surface area (Å²) in [5.74, 6) is 0. The lowest BCUT2D eigenvalue weighted by atomic mass is 10.3. The first-order valence-corrected chi connectivity index (χ1v) is 8.67. The number of hydrogen-bond donors (Lipinski definition) is 2. The predicted octanol–water partition coefficient (Wildman–Crippen LogP) is 1.93. The van der Waals surface area contributed by atoms with Crippen molar-refractivity contribution in [1.82, 2.24) is 15.3 Å². The zero-order chi connectivity index (χ0) is 15.1. The van der Waals surface area contributed by atoms with E-state index in [0.717, 1.165) is 22.8 Å². The highest BCUT2D eigenvalue weighted by atomic mass is 32.1. The number of nitrogens with zero attached hydrogens (tertiary/aromatic N) is 2. The monoisotopic (exact) mass is 327 g/mol. The van der Waals surface area contributed by atoms with Gasteiger partial charge in [0.05, 0.1) is 41.2 Å². The minimum absolute atomic E-state index is 0.348. The Morgan fingerprint density at radius 3 is 2.90 bits per heavy atom. The van der Waals surface area contributed by atoms with Gasteiger partial charge in [0.25, 0.3) is 0 Å². The molecule has 0 bridgehead atoms. The zero-order valence-electron chi connectivity index (χ0n) is 12.3. The summed E-state index contributed by atoms with van der Waals surface area (Å²) >= 11 is 3.29. The highest BCUT2D eigenvalue weighted by Crippen LogP contribution is 2.12. The minimum Gasteiger partial charge on any atom is -0.389 e. The van der Waals surface area contributed by atoms with Gasteiger partial charge in [0.1, 0.15) is 0 Å². The van der Waals surface area contributed by atoms with Crippen molar-refractivity contribution in [3.05, 3.63) is 32.2 Å². The molecular formula is C14H21N3O2S2. The van der Waals surface area contributed by atoms with E-state index in [4.69, 9.17) is 4.74 Å². The quantitative estimate of drug-likeness (QED) is 0.689. The van der Waals surface area contributed by atoms with Crippen LogP contribution in [0.2, 0.25) is 0 Å². The number of rotatable bonds is 9. The number of nitrogens with one attached hydrogen (secondary N) is 1. The van der Waals surface area contributed by atoms with Gasteiger partial charge in [-0.05, 0) is 13.8 Å². The smallest absolute Gasteiger partial charge is 0.0897 e. The Balaban J connectivity index is 1.53. The van der Waals surface area contributed by atoms with Gasteiger partial charge < -0.3 is 15.2 Å². The third-order valence-electron chi connectivity index (χ3n) is 2.98. The number of aromatic nitrogens is 2. The third-order valence-corrected chi connectivity index (χ3v) is 4.80. The van der Waals surface area contributed by atoms with Gasteiger partial charge in [0.15, 0.2) is 0 Å². The van der Waals surface area contributed by atoms with Gasteiger partial charge >= 0.3 is 0 Å². The number of ether oxygens (including phenoxy) is 1. The molecule has 2 aromatic heterocycles. The number of hydrogen-bond acceptors (Lipinski definition) is 7. The van der Waals surface area contributed by atoms with Crippen LogP contribution in [-0.2, 0) is 17.7 Å². The Labute approximate surface area is 133 Å². The molecule has 7 heteroatoms. The Kier molecular flexibility index (Phi) is 6.72. The van der Waals surface area contributed by atoms with E-state index in [1.54, 1.807) is 22.7 Å². The Morgan fingerprint density at radius 2 is 2.24 bits per heavy atom. The van der Waals surface area contributed by atoms with E-state index in [-0.39, 0.29) is 0 Å². The average molecular weight is 327 g/mol. The van der Waals surface area contributed by atoms with E-state index in [0.29, 0.717) is 26.3 Å². The lowest BCUT2D eigenvalue weighted by molar-refractivity contribution is 0.0383. The molecule has 116 valence electrons. The molecule has 0 spiro atoms. The standard InChI is InChI=1S/C14H21N3O2S2/c1-10-14(21-9-16-10)3-4-19-7-13(18)6-15-5-12-8-20-11(2)17-12/h8-9,13,15,18H,3-7H2,1-2H3. The van der Waals surface area contributed by atoms with Crippen molar-refractivity contribution in [2.75, 3.05) is 19.8 Å². The van der Waals surface area contributed by atoms with Crippen molar-refractivity contribution in [3.8, 4) is 0 Å². The topological polar surface area (TPSA) is 67.3 Å². The summed E-state index contributed by atoms with van der Waals surface area (Å²) in [6.07, 6.45) is 0.363. The van der Waals surface area contributed by atoms with Crippen molar-refractivity contribution in [2.24, 2.45) is 0 Å². The van der Waals surface area contributed by atoms with Gasteiger partial charge in [0.2, 0.25) is 0 Å². The molecule has 1 atom stereocenters. The minimum atomic E-state index is -0.493. The average Bonchev–Trinajstić information content (AvgIpc) is 3.04. The molecule has 5 nitrogen and oxygen atoms in total. The number of aliphatic hydroxyl groups is 1. The summed E-state index contributed by atoms with van der Waals surface area (Å²) in [5.41, 5.74) is 3.94. The first-order valence-electron chi connectivity index (χ1n) is 6.91. The molecular weight excluding hydrogens is 306 g/mol. The molecule has 2 N–H and O–H groups in total. The molecule has 0 saturated heterocycles. The maximum Gasteiger partial charge on any atom is 0.0897 e. The first-order chi connectivity index (χ1) is 10.1. The second kappa shape index (κ2) is 8.55. The van der Waals surface area contributed by atoms with Crippen LogP contribution in [0, 0.1) is 13.8 Å². The van der Waals surface area contributed by atoms with E-state index in [1.807, 2.05) is 24.7 Å². The van der Waals surface area contributed by atoms with Crippen molar-refractivity contribution in [3.63, 3.8) is 0 Å². The van der Waals surface area contributed by atoms with Crippen LogP contribution in [0.3, 0.4) is 0 Å². The second-order valence-corrected chi connectivity index (χ2v) is 6.83. The molecule has 2 heterocycles. The highest BCUT2D eigenvalue weighted by molar-refractivity contribution is 7.09. The van der Waals surface area contributed by atoms with Crippen molar-refractivity contribution >= 4 is 22.7 Å². The lowest BCUT2D eigenvalue weighted by Gasteiger charge is -2.11. The van der Waals surface area contributed by atoms with E-state index >= 15 is 0 Å². The van der Waals surface area contributed by atoms with E-state index < -0.39 is 6.10 Å². The summed E-state index contributed by atoms with van der Waals surface area (Å²) < 4.78 is 5.51. The third kappa shape index (κ3) is 5.80. The SMILES string of the molecule is Cc1nc(CNCC(O)COCCc2scnc2C)cs1. The van der Waals surface area contributed by atoms with Crippen LogP contribution in [0.15, 0.2) is 10.9 Å². The van der Waals surface area contributed by atoms with Crippen molar-refractivity contribution < 1.29 is 9.84 Å². The largest absolute Gasteiger partial charge is 0.389 e. The zero-order valence-corrected chi connectivity index (χ0v) is 14.0. The van der Waals surface area contributed by atoms with Gasteiger partial charge in [-0.3, -0.25) is 0 Å². The van der Waals surface area contributed by atoms with Crippen LogP contribution in [-0.4, -0.2) is 40.9 Å². The molecule has 0 saturated carbocycles. The molecule has 0 aliphatic heterocycles. The molecule has 0 aliphatic rings. The number of thiazole rings is 2. The van der Waals surface area contributed by atoms with E-state index in [9.17, 15) is 5.11 Å². The fourth-order valence-electron chi connectivity index (χ4n) is 1.87. The molecule has 2 rings (SSSR count). The van der Waals surface area contributed by atoms with Gasteiger partial charge in [-0.25, -0.2) is 9.97 Å². The van der Waals surface area contributed by atoms with Crippen LogP contribution < -0.4 is 5.32 Å². The normalized spacial score (nSPS) is 12.7. The van der Waals surface area contributed by atoms with Crippen molar-refractivity contribution in [1.29, 1.82) is 0 Å². The van der Waals surface area contributed by atoms with Crippen LogP contribution in [0.25, 0.3) is 0 Å². The molecule has 2 aromatic rings. The Morgan fingerprint density at radius 1 is 1.38 bits per heavy atom. The number of aliphatic hydroxyl groups excluding tert-OH is 1. The highest BCUT2D eigenvalue weighted by Gasteiger charge is 2.06. The molecule has 0 radical (unpaired) electrons. The Bertz CT molecular complexity index is 542. The molecule has 0 amide bonds. The van der Waals surface area contributed by atoms with E-state index in [1.165, 1.54) is 4.88 Å². The van der Waals surface area contributed by atoms with Crippen LogP contribution in [0.4, 0.5) is 0 Å². The molecule has 0 aliphatic carbocycles. The molecule has 21 heavy (non-hydrogen) atoms. The van der Waals surface area contributed by atoms with Crippen molar-refractivity contribution in [2.45, 2.75) is 32.9 Å². The molecule has 1 unspecified atom stereocenters. The van der Waals surface area contributed by atoms with Gasteiger partial charge in [-0.2, -0.15) is 0 Å². The van der Waals surface area contributed by atoms with Crippen LogP contribution in [0.5, 0.6) is 0 Å². The lowest BCUT2D eigenvalue weighted by Crippen LogP contribution is -2.30. The van der Waals surface area contributed by atoms with Gasteiger partial charge in [-0.1, -0.05) is 0 Å². The number of aryl methyl sites for hydroxylation is 2. The second-order valence-electron chi connectivity index (χ2n) is 4.83. The maximum atomic E-state index is 9.83.